The zero-order valence-electron chi connectivity index (χ0n) is 8.80. The highest BCUT2D eigenvalue weighted by atomic mass is 35.5. The molecular weight excluding hydrogens is 267 g/mol. The Labute approximate surface area is 107 Å². The molecule has 0 unspecified atom stereocenters. The number of aromatic nitrogens is 2. The van der Waals surface area contributed by atoms with Gasteiger partial charge in [-0.25, -0.2) is 4.79 Å². The van der Waals surface area contributed by atoms with Crippen LogP contribution in [0.4, 0.5) is 11.5 Å². The van der Waals surface area contributed by atoms with E-state index in [1.54, 1.807) is 4.90 Å². The predicted molar refractivity (Wildman–Crippen MR) is 67.6 cm³/mol. The zero-order chi connectivity index (χ0) is 12.8. The summed E-state index contributed by atoms with van der Waals surface area (Å²) in [6, 6.07) is 0. The fourth-order valence-electron chi connectivity index (χ4n) is 1.38. The van der Waals surface area contributed by atoms with Crippen molar-refractivity contribution in [2.75, 3.05) is 29.7 Å². The fraction of sp³-hybridized carbons (Fsp3) is 0.444. The first-order valence-electron chi connectivity index (χ1n) is 4.75. The SMILES string of the molecule is [C-]#[N+]c1[nH]c(=O)[nH]c(=O)c1N(CCCl)CCCl. The average molecular weight is 277 g/mol. The normalized spacial score (nSPS) is 9.94. The third-order valence-electron chi connectivity index (χ3n) is 2.04. The maximum atomic E-state index is 11.7. The topological polar surface area (TPSA) is 73.3 Å². The summed E-state index contributed by atoms with van der Waals surface area (Å²) in [4.78, 5) is 31.7. The largest absolute Gasteiger partial charge is 0.398 e. The molecule has 0 amide bonds. The molecule has 0 aromatic carbocycles. The molecular formula is C9H10Cl2N4O2. The third-order valence-corrected chi connectivity index (χ3v) is 2.37. The van der Waals surface area contributed by atoms with Crippen molar-refractivity contribution in [1.29, 1.82) is 0 Å². The zero-order valence-corrected chi connectivity index (χ0v) is 10.3. The van der Waals surface area contributed by atoms with Gasteiger partial charge in [0.1, 0.15) is 5.69 Å². The summed E-state index contributed by atoms with van der Waals surface area (Å²) in [6.07, 6.45) is 0. The maximum Gasteiger partial charge on any atom is 0.398 e. The van der Waals surface area contributed by atoms with Crippen LogP contribution in [0.5, 0.6) is 0 Å². The van der Waals surface area contributed by atoms with Crippen LogP contribution in [-0.4, -0.2) is 34.8 Å². The summed E-state index contributed by atoms with van der Waals surface area (Å²) in [6.45, 7) is 7.68. The molecule has 0 bridgehead atoms. The van der Waals surface area contributed by atoms with E-state index in [2.05, 4.69) is 14.8 Å². The van der Waals surface area contributed by atoms with Crippen molar-refractivity contribution in [3.8, 4) is 0 Å². The smallest absolute Gasteiger partial charge is 0.372 e. The number of aromatic amines is 2. The van der Waals surface area contributed by atoms with E-state index in [-0.39, 0.29) is 23.3 Å². The Morgan fingerprint density at radius 1 is 1.18 bits per heavy atom. The van der Waals surface area contributed by atoms with Crippen molar-refractivity contribution in [3.63, 3.8) is 0 Å². The highest BCUT2D eigenvalue weighted by Gasteiger charge is 2.16. The van der Waals surface area contributed by atoms with E-state index in [1.807, 2.05) is 0 Å². The summed E-state index contributed by atoms with van der Waals surface area (Å²) in [5, 5.41) is 0. The molecule has 0 fully saturated rings. The Bertz CT molecular complexity index is 525. The van der Waals surface area contributed by atoms with Gasteiger partial charge in [-0.3, -0.25) is 14.8 Å². The Balaban J connectivity index is 3.32. The number of rotatable bonds is 5. The van der Waals surface area contributed by atoms with Gasteiger partial charge in [-0.1, -0.05) is 6.57 Å². The van der Waals surface area contributed by atoms with Crippen molar-refractivity contribution in [3.05, 3.63) is 32.3 Å². The van der Waals surface area contributed by atoms with Crippen molar-refractivity contribution in [1.82, 2.24) is 9.97 Å². The lowest BCUT2D eigenvalue weighted by atomic mass is 10.4. The minimum atomic E-state index is -0.707. The molecule has 0 saturated heterocycles. The van der Waals surface area contributed by atoms with Crippen LogP contribution in [0.2, 0.25) is 0 Å². The van der Waals surface area contributed by atoms with Crippen molar-refractivity contribution in [2.24, 2.45) is 0 Å². The quantitative estimate of drug-likeness (QED) is 0.620. The lowest BCUT2D eigenvalue weighted by Crippen LogP contribution is -2.35. The molecule has 1 aromatic heterocycles. The predicted octanol–water partition coefficient (Wildman–Crippen LogP) is 0.898. The number of alkyl halides is 2. The van der Waals surface area contributed by atoms with Gasteiger partial charge in [0.05, 0.1) is 0 Å². The molecule has 1 heterocycles. The lowest BCUT2D eigenvalue weighted by Gasteiger charge is -2.22. The second kappa shape index (κ2) is 6.33. The molecule has 1 aromatic rings. The number of nitrogens with one attached hydrogen (secondary N) is 2. The molecule has 8 heteroatoms. The lowest BCUT2D eigenvalue weighted by molar-refractivity contribution is 0.854. The fourth-order valence-corrected chi connectivity index (χ4v) is 1.79. The van der Waals surface area contributed by atoms with Crippen LogP contribution in [0.25, 0.3) is 4.85 Å². The van der Waals surface area contributed by atoms with Crippen LogP contribution in [0.3, 0.4) is 0 Å². The molecule has 17 heavy (non-hydrogen) atoms. The minimum Gasteiger partial charge on any atom is -0.372 e. The van der Waals surface area contributed by atoms with E-state index in [0.29, 0.717) is 13.1 Å². The number of halogens is 2. The van der Waals surface area contributed by atoms with Gasteiger partial charge in [-0.05, 0) is 0 Å². The Hall–Kier alpha value is -1.45. The van der Waals surface area contributed by atoms with Crippen LogP contribution in [0.1, 0.15) is 0 Å². The van der Waals surface area contributed by atoms with Crippen LogP contribution in [0, 0.1) is 6.57 Å². The number of nitrogens with zero attached hydrogens (tertiary/aromatic N) is 2. The van der Waals surface area contributed by atoms with E-state index < -0.39 is 11.2 Å². The van der Waals surface area contributed by atoms with E-state index in [4.69, 9.17) is 29.8 Å². The van der Waals surface area contributed by atoms with Gasteiger partial charge < -0.3 is 9.74 Å². The van der Waals surface area contributed by atoms with Gasteiger partial charge in [0.2, 0.25) is 0 Å². The van der Waals surface area contributed by atoms with Crippen molar-refractivity contribution in [2.45, 2.75) is 0 Å². The van der Waals surface area contributed by atoms with Crippen LogP contribution in [0.15, 0.2) is 9.59 Å². The molecule has 0 aliphatic heterocycles. The Kier molecular flexibility index (Phi) is 5.07. The van der Waals surface area contributed by atoms with Gasteiger partial charge in [0, 0.05) is 24.8 Å². The van der Waals surface area contributed by atoms with Crippen molar-refractivity contribution < 1.29 is 0 Å². The van der Waals surface area contributed by atoms with Crippen LogP contribution in [-0.2, 0) is 0 Å². The number of hydrogen-bond donors (Lipinski definition) is 2. The molecule has 0 atom stereocenters. The number of hydrogen-bond acceptors (Lipinski definition) is 3. The van der Waals surface area contributed by atoms with Gasteiger partial charge >= 0.3 is 5.69 Å². The molecule has 2 N–H and O–H groups in total. The highest BCUT2D eigenvalue weighted by molar-refractivity contribution is 6.18. The van der Waals surface area contributed by atoms with E-state index in [0.717, 1.165) is 0 Å². The van der Waals surface area contributed by atoms with Gasteiger partial charge in [0.25, 0.3) is 11.4 Å². The second-order valence-corrected chi connectivity index (χ2v) is 3.84. The first-order valence-corrected chi connectivity index (χ1v) is 5.82. The molecule has 92 valence electrons. The first kappa shape index (κ1) is 13.6. The monoisotopic (exact) mass is 276 g/mol. The molecule has 0 aliphatic carbocycles. The molecule has 0 aliphatic rings. The molecule has 1 rings (SSSR count). The van der Waals surface area contributed by atoms with Crippen molar-refractivity contribution >= 4 is 34.7 Å². The number of anilines is 1. The molecule has 0 saturated carbocycles. The van der Waals surface area contributed by atoms with Gasteiger partial charge in [0.15, 0.2) is 0 Å². The number of H-pyrrole nitrogens is 2. The van der Waals surface area contributed by atoms with Gasteiger partial charge in [-0.15, -0.1) is 23.2 Å². The molecule has 0 radical (unpaired) electrons. The summed E-state index contributed by atoms with van der Waals surface area (Å²) < 4.78 is 0. The van der Waals surface area contributed by atoms with E-state index in [1.165, 1.54) is 0 Å². The first-order chi connectivity index (χ1) is 8.13. The standard InChI is InChI=1S/C9H10Cl2N4O2/c1-12-7-6(8(16)14-9(17)13-7)15(4-2-10)5-3-11/h2-5H2,(H2,13,14,16,17). The maximum absolute atomic E-state index is 11.7. The Morgan fingerprint density at radius 3 is 2.24 bits per heavy atom. The summed E-state index contributed by atoms with van der Waals surface area (Å²) >= 11 is 11.2. The average Bonchev–Trinajstić information content (AvgIpc) is 2.28. The molecule has 6 nitrogen and oxygen atoms in total. The van der Waals surface area contributed by atoms with Gasteiger partial charge in [-0.2, -0.15) is 0 Å². The Morgan fingerprint density at radius 2 is 1.76 bits per heavy atom. The van der Waals surface area contributed by atoms with Crippen LogP contribution < -0.4 is 16.1 Å². The summed E-state index contributed by atoms with van der Waals surface area (Å²) in [5.74, 6) is 0.466. The van der Waals surface area contributed by atoms with E-state index in [9.17, 15) is 9.59 Å². The van der Waals surface area contributed by atoms with E-state index >= 15 is 0 Å². The summed E-state index contributed by atoms with van der Waals surface area (Å²) in [5.41, 5.74) is -1.22. The summed E-state index contributed by atoms with van der Waals surface area (Å²) in [7, 11) is 0. The second-order valence-electron chi connectivity index (χ2n) is 3.08. The highest BCUT2D eigenvalue weighted by Crippen LogP contribution is 2.19. The minimum absolute atomic E-state index is 0.0981. The van der Waals surface area contributed by atoms with Crippen LogP contribution >= 0.6 is 23.2 Å². The third kappa shape index (κ3) is 3.25. The molecule has 0 spiro atoms.